The summed E-state index contributed by atoms with van der Waals surface area (Å²) < 4.78 is 7.01. The lowest BCUT2D eigenvalue weighted by atomic mass is 10.0. The first-order chi connectivity index (χ1) is 19.6. The number of halogens is 1. The van der Waals surface area contributed by atoms with Crippen LogP contribution in [-0.2, 0) is 11.0 Å². The fourth-order valence-electron chi connectivity index (χ4n) is 5.56. The van der Waals surface area contributed by atoms with Crippen LogP contribution in [0.5, 0.6) is 5.75 Å². The van der Waals surface area contributed by atoms with E-state index < -0.39 is 0 Å². The average Bonchev–Trinajstić information content (AvgIpc) is 3.25. The van der Waals surface area contributed by atoms with Crippen molar-refractivity contribution in [3.05, 3.63) is 59.7 Å². The van der Waals surface area contributed by atoms with E-state index in [4.69, 9.17) is 19.7 Å². The molecule has 1 aliphatic heterocycles. The van der Waals surface area contributed by atoms with Crippen LogP contribution in [0.2, 0.25) is 0 Å². The van der Waals surface area contributed by atoms with Gasteiger partial charge in [-0.2, -0.15) is 15.0 Å². The van der Waals surface area contributed by atoms with Crippen LogP contribution >= 0.6 is 22.6 Å². The van der Waals surface area contributed by atoms with Crippen molar-refractivity contribution in [2.75, 3.05) is 42.7 Å². The Bertz CT molecular complexity index is 1210. The number of nitrogens with one attached hydrogen (secondary N) is 2. The fourth-order valence-corrected chi connectivity index (χ4v) is 6.16. The lowest BCUT2D eigenvalue weighted by Gasteiger charge is -2.35. The first kappa shape index (κ1) is 28.9. The van der Waals surface area contributed by atoms with Crippen LogP contribution in [0.25, 0.3) is 0 Å². The third-order valence-electron chi connectivity index (χ3n) is 8.06. The standard InChI is InChI=1S/C31H42IN7O/c1-38-18-16-27(17-19-38)39(2)31-36-29(33-25-12-8-3-4-9-13-25)35-30(37-31)34-26-14-15-28(24(20-26)21-32)40-22-23-10-6-5-7-11-23/h5-7,10-11,14-15,20,25,27H,3-4,8-9,12-13,16-19,21-22H2,1-2H3,(H2,33,34,35,36,37). The Labute approximate surface area is 252 Å². The molecular weight excluding hydrogens is 613 g/mol. The minimum Gasteiger partial charge on any atom is -0.489 e. The molecule has 8 nitrogen and oxygen atoms in total. The van der Waals surface area contributed by atoms with Crippen molar-refractivity contribution in [2.45, 2.75) is 74.5 Å². The molecule has 0 atom stereocenters. The Kier molecular flexibility index (Phi) is 10.3. The second kappa shape index (κ2) is 14.3. The summed E-state index contributed by atoms with van der Waals surface area (Å²) >= 11 is 2.39. The molecule has 2 fully saturated rings. The van der Waals surface area contributed by atoms with E-state index >= 15 is 0 Å². The van der Waals surface area contributed by atoms with Gasteiger partial charge in [0.15, 0.2) is 0 Å². The molecule has 2 heterocycles. The van der Waals surface area contributed by atoms with Crippen LogP contribution in [0.1, 0.15) is 62.5 Å². The van der Waals surface area contributed by atoms with Crippen molar-refractivity contribution < 1.29 is 4.74 Å². The molecule has 1 aliphatic carbocycles. The van der Waals surface area contributed by atoms with Gasteiger partial charge in [0.2, 0.25) is 17.8 Å². The van der Waals surface area contributed by atoms with Gasteiger partial charge in [-0.15, -0.1) is 0 Å². The van der Waals surface area contributed by atoms with E-state index in [2.05, 4.69) is 75.3 Å². The number of benzene rings is 2. The van der Waals surface area contributed by atoms with Gasteiger partial charge in [-0.3, -0.25) is 0 Å². The number of piperidine rings is 1. The quantitative estimate of drug-likeness (QED) is 0.141. The second-order valence-electron chi connectivity index (χ2n) is 11.1. The van der Waals surface area contributed by atoms with E-state index in [9.17, 15) is 0 Å². The third kappa shape index (κ3) is 7.96. The van der Waals surface area contributed by atoms with Gasteiger partial charge >= 0.3 is 0 Å². The molecular formula is C31H42IN7O. The Balaban J connectivity index is 1.35. The van der Waals surface area contributed by atoms with E-state index in [1.807, 2.05) is 30.3 Å². The van der Waals surface area contributed by atoms with E-state index in [1.54, 1.807) is 0 Å². The van der Waals surface area contributed by atoms with Crippen LogP contribution in [-0.4, -0.2) is 59.1 Å². The topological polar surface area (TPSA) is 78.4 Å². The van der Waals surface area contributed by atoms with Crippen molar-refractivity contribution in [3.63, 3.8) is 0 Å². The Morgan fingerprint density at radius 3 is 2.38 bits per heavy atom. The molecule has 0 radical (unpaired) electrons. The summed E-state index contributed by atoms with van der Waals surface area (Å²) in [7, 11) is 4.32. The molecule has 0 unspecified atom stereocenters. The first-order valence-corrected chi connectivity index (χ1v) is 16.2. The maximum Gasteiger partial charge on any atom is 0.233 e. The van der Waals surface area contributed by atoms with Crippen molar-refractivity contribution >= 4 is 46.1 Å². The number of anilines is 4. The number of hydrogen-bond acceptors (Lipinski definition) is 8. The summed E-state index contributed by atoms with van der Waals surface area (Å²) in [5.74, 6) is 2.85. The molecule has 2 aliphatic rings. The Hall–Kier alpha value is -2.66. The highest BCUT2D eigenvalue weighted by Gasteiger charge is 2.24. The van der Waals surface area contributed by atoms with Crippen LogP contribution in [0.3, 0.4) is 0 Å². The summed E-state index contributed by atoms with van der Waals surface area (Å²) in [5.41, 5.74) is 3.23. The number of aromatic nitrogens is 3. The molecule has 214 valence electrons. The predicted octanol–water partition coefficient (Wildman–Crippen LogP) is 6.79. The normalized spacial score (nSPS) is 17.3. The minimum absolute atomic E-state index is 0.408. The largest absolute Gasteiger partial charge is 0.489 e. The number of alkyl halides is 1. The smallest absolute Gasteiger partial charge is 0.233 e. The van der Waals surface area contributed by atoms with Gasteiger partial charge in [0.05, 0.1) is 0 Å². The third-order valence-corrected chi connectivity index (χ3v) is 8.88. The summed E-state index contributed by atoms with van der Waals surface area (Å²) in [6.07, 6.45) is 9.69. The molecule has 2 aromatic carbocycles. The number of likely N-dealkylation sites (tertiary alicyclic amines) is 1. The van der Waals surface area contributed by atoms with Crippen LogP contribution in [0.4, 0.5) is 23.5 Å². The van der Waals surface area contributed by atoms with Crippen molar-refractivity contribution in [2.24, 2.45) is 0 Å². The molecule has 3 aromatic rings. The van der Waals surface area contributed by atoms with Gasteiger partial charge in [0.25, 0.3) is 0 Å². The molecule has 9 heteroatoms. The van der Waals surface area contributed by atoms with E-state index in [0.717, 1.165) is 71.7 Å². The van der Waals surface area contributed by atoms with E-state index in [1.165, 1.54) is 25.7 Å². The monoisotopic (exact) mass is 655 g/mol. The molecule has 1 saturated heterocycles. The average molecular weight is 656 g/mol. The number of rotatable bonds is 10. The highest BCUT2D eigenvalue weighted by molar-refractivity contribution is 14.1. The van der Waals surface area contributed by atoms with Gasteiger partial charge in [0, 0.05) is 34.8 Å². The molecule has 40 heavy (non-hydrogen) atoms. The zero-order valence-electron chi connectivity index (χ0n) is 23.8. The number of ether oxygens (including phenoxy) is 1. The van der Waals surface area contributed by atoms with Crippen LogP contribution < -0.4 is 20.3 Å². The van der Waals surface area contributed by atoms with Gasteiger partial charge in [-0.05, 0) is 69.6 Å². The molecule has 5 rings (SSSR count). The number of nitrogens with zero attached hydrogens (tertiary/aromatic N) is 5. The Morgan fingerprint density at radius 1 is 0.925 bits per heavy atom. The summed E-state index contributed by atoms with van der Waals surface area (Å²) in [6.45, 7) is 2.74. The maximum absolute atomic E-state index is 6.16. The molecule has 0 amide bonds. The lowest BCUT2D eigenvalue weighted by Crippen LogP contribution is -2.42. The van der Waals surface area contributed by atoms with Crippen molar-refractivity contribution in [3.8, 4) is 5.75 Å². The maximum atomic E-state index is 6.16. The second-order valence-corrected chi connectivity index (χ2v) is 11.9. The van der Waals surface area contributed by atoms with Gasteiger partial charge in [0.1, 0.15) is 12.4 Å². The van der Waals surface area contributed by atoms with E-state index in [-0.39, 0.29) is 0 Å². The zero-order chi connectivity index (χ0) is 27.7. The summed E-state index contributed by atoms with van der Waals surface area (Å²) in [5, 5.41) is 7.14. The molecule has 2 N–H and O–H groups in total. The van der Waals surface area contributed by atoms with Crippen LogP contribution in [0.15, 0.2) is 48.5 Å². The summed E-state index contributed by atoms with van der Waals surface area (Å²) in [6, 6.07) is 17.3. The van der Waals surface area contributed by atoms with Gasteiger partial charge in [-0.25, -0.2) is 0 Å². The fraction of sp³-hybridized carbons (Fsp3) is 0.516. The summed E-state index contributed by atoms with van der Waals surface area (Å²) in [4.78, 5) is 19.3. The van der Waals surface area contributed by atoms with Crippen LogP contribution in [0, 0.1) is 0 Å². The minimum atomic E-state index is 0.408. The van der Waals surface area contributed by atoms with Crippen molar-refractivity contribution in [1.82, 2.24) is 19.9 Å². The Morgan fingerprint density at radius 2 is 1.65 bits per heavy atom. The van der Waals surface area contributed by atoms with Gasteiger partial charge < -0.3 is 25.2 Å². The van der Waals surface area contributed by atoms with Gasteiger partial charge in [-0.1, -0.05) is 78.6 Å². The first-order valence-electron chi connectivity index (χ1n) is 14.6. The predicted molar refractivity (Wildman–Crippen MR) is 172 cm³/mol. The molecule has 0 bridgehead atoms. The van der Waals surface area contributed by atoms with E-state index in [0.29, 0.717) is 30.6 Å². The highest BCUT2D eigenvalue weighted by atomic mass is 127. The molecule has 1 saturated carbocycles. The molecule has 0 spiro atoms. The lowest BCUT2D eigenvalue weighted by molar-refractivity contribution is 0.252. The molecule has 1 aromatic heterocycles. The number of hydrogen-bond donors (Lipinski definition) is 2. The zero-order valence-corrected chi connectivity index (χ0v) is 25.9. The highest BCUT2D eigenvalue weighted by Crippen LogP contribution is 2.29. The van der Waals surface area contributed by atoms with Crippen molar-refractivity contribution in [1.29, 1.82) is 0 Å². The SMILES string of the molecule is CN1CCC(N(C)c2nc(Nc3ccc(OCc4ccccc4)c(CI)c3)nc(NC3CCCCCC3)n2)CC1.